The van der Waals surface area contributed by atoms with E-state index in [1.54, 1.807) is 12.1 Å². The molecule has 0 amide bonds. The number of rotatable bonds is 9. The van der Waals surface area contributed by atoms with Gasteiger partial charge in [-0.05, 0) is 56.3 Å². The molecule has 0 saturated carbocycles. The zero-order valence-electron chi connectivity index (χ0n) is 13.4. The molecular weight excluding hydrogens is 284 g/mol. The maximum absolute atomic E-state index is 12.5. The van der Waals surface area contributed by atoms with Crippen LogP contribution >= 0.6 is 0 Å². The van der Waals surface area contributed by atoms with Gasteiger partial charge in [0.1, 0.15) is 0 Å². The van der Waals surface area contributed by atoms with Gasteiger partial charge in [-0.25, -0.2) is 13.1 Å². The van der Waals surface area contributed by atoms with Crippen LogP contribution in [0.1, 0.15) is 52.0 Å². The Morgan fingerprint density at radius 2 is 1.57 bits per heavy atom. The monoisotopic (exact) mass is 312 g/mol. The molecule has 3 N–H and O–H groups in total. The van der Waals surface area contributed by atoms with Crippen molar-refractivity contribution in [3.63, 3.8) is 0 Å². The topological polar surface area (TPSA) is 72.2 Å². The normalized spacial score (nSPS) is 12.6. The highest BCUT2D eigenvalue weighted by molar-refractivity contribution is 7.89. The smallest absolute Gasteiger partial charge is 0.241 e. The van der Waals surface area contributed by atoms with Crippen molar-refractivity contribution in [2.75, 3.05) is 6.54 Å². The van der Waals surface area contributed by atoms with Gasteiger partial charge in [-0.2, -0.15) is 0 Å². The van der Waals surface area contributed by atoms with Gasteiger partial charge in [-0.3, -0.25) is 0 Å². The van der Waals surface area contributed by atoms with Gasteiger partial charge >= 0.3 is 0 Å². The van der Waals surface area contributed by atoms with Crippen LogP contribution in [-0.2, 0) is 16.4 Å². The number of nitrogens with one attached hydrogen (secondary N) is 1. The molecule has 0 saturated heterocycles. The van der Waals surface area contributed by atoms with E-state index in [0.29, 0.717) is 11.4 Å². The molecule has 0 bridgehead atoms. The molecule has 0 fully saturated rings. The lowest BCUT2D eigenvalue weighted by Crippen LogP contribution is -2.46. The summed E-state index contributed by atoms with van der Waals surface area (Å²) in [6, 6.07) is 7.10. The van der Waals surface area contributed by atoms with E-state index in [9.17, 15) is 8.42 Å². The van der Waals surface area contributed by atoms with Crippen molar-refractivity contribution in [1.82, 2.24) is 4.72 Å². The zero-order chi connectivity index (χ0) is 15.9. The largest absolute Gasteiger partial charge is 0.330 e. The number of sulfonamides is 1. The van der Waals surface area contributed by atoms with Crippen LogP contribution in [0.25, 0.3) is 0 Å². The summed E-state index contributed by atoms with van der Waals surface area (Å²) in [5, 5.41) is 0. The maximum Gasteiger partial charge on any atom is 0.241 e. The molecule has 0 heterocycles. The lowest BCUT2D eigenvalue weighted by Gasteiger charge is -2.31. The van der Waals surface area contributed by atoms with E-state index in [4.69, 9.17) is 5.73 Å². The van der Waals surface area contributed by atoms with Crippen LogP contribution in [0.4, 0.5) is 0 Å². The molecule has 0 aliphatic heterocycles. The number of nitrogens with two attached hydrogens (primary N) is 1. The summed E-state index contributed by atoms with van der Waals surface area (Å²) >= 11 is 0. The van der Waals surface area contributed by atoms with E-state index in [0.717, 1.165) is 37.7 Å². The Kier molecular flexibility index (Phi) is 6.84. The van der Waals surface area contributed by atoms with Crippen molar-refractivity contribution in [1.29, 1.82) is 0 Å². The molecule has 0 unspecified atom stereocenters. The Labute approximate surface area is 129 Å². The second-order valence-corrected chi connectivity index (χ2v) is 7.17. The zero-order valence-corrected chi connectivity index (χ0v) is 14.2. The van der Waals surface area contributed by atoms with Crippen LogP contribution in [0.2, 0.25) is 0 Å². The third-order valence-corrected chi connectivity index (χ3v) is 5.88. The first-order valence-electron chi connectivity index (χ1n) is 7.76. The number of benzene rings is 1. The standard InChI is InChI=1S/C16H28N2O2S/c1-4-16(5-2,6-3)18-21(19,20)15-11-9-14(10-12-15)8-7-13-17/h9-12,18H,4-8,13,17H2,1-3H3. The molecule has 4 nitrogen and oxygen atoms in total. The van der Waals surface area contributed by atoms with Gasteiger partial charge in [-0.15, -0.1) is 0 Å². The van der Waals surface area contributed by atoms with Gasteiger partial charge in [-0.1, -0.05) is 32.9 Å². The first-order valence-corrected chi connectivity index (χ1v) is 9.24. The van der Waals surface area contributed by atoms with E-state index >= 15 is 0 Å². The van der Waals surface area contributed by atoms with Crippen molar-refractivity contribution in [2.45, 2.75) is 63.3 Å². The molecule has 21 heavy (non-hydrogen) atoms. The predicted octanol–water partition coefficient (Wildman–Crippen LogP) is 2.83. The predicted molar refractivity (Wildman–Crippen MR) is 87.7 cm³/mol. The van der Waals surface area contributed by atoms with Gasteiger partial charge in [0.15, 0.2) is 0 Å². The van der Waals surface area contributed by atoms with Crippen molar-refractivity contribution < 1.29 is 8.42 Å². The highest BCUT2D eigenvalue weighted by Gasteiger charge is 2.30. The average Bonchev–Trinajstić information content (AvgIpc) is 2.51. The fourth-order valence-electron chi connectivity index (χ4n) is 2.45. The van der Waals surface area contributed by atoms with E-state index in [2.05, 4.69) is 4.72 Å². The Bertz CT molecular complexity index is 511. The molecule has 1 aromatic carbocycles. The van der Waals surface area contributed by atoms with Crippen molar-refractivity contribution >= 4 is 10.0 Å². The van der Waals surface area contributed by atoms with Gasteiger partial charge in [0.25, 0.3) is 0 Å². The molecule has 0 aromatic heterocycles. The molecule has 1 rings (SSSR count). The highest BCUT2D eigenvalue weighted by Crippen LogP contribution is 2.23. The minimum absolute atomic E-state index is 0.332. The molecule has 0 atom stereocenters. The van der Waals surface area contributed by atoms with Crippen LogP contribution in [-0.4, -0.2) is 20.5 Å². The molecule has 5 heteroatoms. The average molecular weight is 312 g/mol. The van der Waals surface area contributed by atoms with E-state index < -0.39 is 10.0 Å². The lowest BCUT2D eigenvalue weighted by molar-refractivity contribution is 0.341. The summed E-state index contributed by atoms with van der Waals surface area (Å²) < 4.78 is 27.9. The molecule has 0 aliphatic carbocycles. The van der Waals surface area contributed by atoms with Gasteiger partial charge in [0.2, 0.25) is 10.0 Å². The van der Waals surface area contributed by atoms with Crippen LogP contribution in [0.15, 0.2) is 29.2 Å². The van der Waals surface area contributed by atoms with Gasteiger partial charge in [0, 0.05) is 5.54 Å². The molecule has 120 valence electrons. The summed E-state index contributed by atoms with van der Waals surface area (Å²) in [7, 11) is -3.47. The molecule has 0 radical (unpaired) electrons. The Morgan fingerprint density at radius 3 is 2.00 bits per heavy atom. The van der Waals surface area contributed by atoms with E-state index in [1.165, 1.54) is 0 Å². The summed E-state index contributed by atoms with van der Waals surface area (Å²) in [6.07, 6.45) is 4.15. The third-order valence-electron chi connectivity index (χ3n) is 4.28. The quantitative estimate of drug-likeness (QED) is 0.736. The van der Waals surface area contributed by atoms with Gasteiger partial charge in [0.05, 0.1) is 4.90 Å². The Morgan fingerprint density at radius 1 is 1.05 bits per heavy atom. The molecular formula is C16H28N2O2S. The van der Waals surface area contributed by atoms with Gasteiger partial charge < -0.3 is 5.73 Å². The third kappa shape index (κ3) is 4.80. The Hall–Kier alpha value is -0.910. The van der Waals surface area contributed by atoms with E-state index in [1.807, 2.05) is 32.9 Å². The second-order valence-electron chi connectivity index (χ2n) is 5.48. The fraction of sp³-hybridized carbons (Fsp3) is 0.625. The minimum atomic E-state index is -3.47. The van der Waals surface area contributed by atoms with Crippen LogP contribution in [0.5, 0.6) is 0 Å². The van der Waals surface area contributed by atoms with Crippen molar-refractivity contribution in [3.05, 3.63) is 29.8 Å². The number of aryl methyl sites for hydroxylation is 1. The fourth-order valence-corrected chi connectivity index (χ4v) is 4.07. The second kappa shape index (κ2) is 7.92. The minimum Gasteiger partial charge on any atom is -0.330 e. The Balaban J connectivity index is 2.92. The molecule has 0 spiro atoms. The maximum atomic E-state index is 12.5. The first kappa shape index (κ1) is 18.1. The summed E-state index contributed by atoms with van der Waals surface area (Å²) in [5.41, 5.74) is 6.25. The van der Waals surface area contributed by atoms with Crippen LogP contribution < -0.4 is 10.5 Å². The number of hydrogen-bond donors (Lipinski definition) is 2. The summed E-state index contributed by atoms with van der Waals surface area (Å²) in [4.78, 5) is 0.332. The molecule has 1 aromatic rings. The number of hydrogen-bond acceptors (Lipinski definition) is 3. The summed E-state index contributed by atoms with van der Waals surface area (Å²) in [5.74, 6) is 0. The van der Waals surface area contributed by atoms with E-state index in [-0.39, 0.29) is 5.54 Å². The lowest BCUT2D eigenvalue weighted by atomic mass is 9.91. The van der Waals surface area contributed by atoms with Crippen molar-refractivity contribution in [3.8, 4) is 0 Å². The SMILES string of the molecule is CCC(CC)(CC)NS(=O)(=O)c1ccc(CCCN)cc1. The van der Waals surface area contributed by atoms with Crippen molar-refractivity contribution in [2.24, 2.45) is 5.73 Å². The molecule has 0 aliphatic rings. The highest BCUT2D eigenvalue weighted by atomic mass is 32.2. The summed E-state index contributed by atoms with van der Waals surface area (Å²) in [6.45, 7) is 6.70. The first-order chi connectivity index (χ1) is 9.93. The van der Waals surface area contributed by atoms with Crippen LogP contribution in [0, 0.1) is 0 Å². The van der Waals surface area contributed by atoms with Crippen LogP contribution in [0.3, 0.4) is 0 Å².